The highest BCUT2D eigenvalue weighted by Crippen LogP contribution is 2.23. The van der Waals surface area contributed by atoms with Crippen LogP contribution in [0.5, 0.6) is 5.75 Å². The second-order valence-corrected chi connectivity index (χ2v) is 5.11. The molecule has 0 aliphatic heterocycles. The van der Waals surface area contributed by atoms with Gasteiger partial charge in [0, 0.05) is 16.6 Å². The summed E-state index contributed by atoms with van der Waals surface area (Å²) >= 11 is 3.40. The summed E-state index contributed by atoms with van der Waals surface area (Å²) in [5.74, 6) is 0.796. The maximum absolute atomic E-state index is 11.8. The van der Waals surface area contributed by atoms with Crippen molar-refractivity contribution in [2.75, 3.05) is 13.7 Å². The predicted octanol–water partition coefficient (Wildman–Crippen LogP) is 3.31. The van der Waals surface area contributed by atoms with Crippen LogP contribution in [0, 0.1) is 0 Å². The zero-order chi connectivity index (χ0) is 13.4. The summed E-state index contributed by atoms with van der Waals surface area (Å²) < 4.78 is 6.20. The molecular formula is C14H20BrNO2. The Kier molecular flexibility index (Phi) is 6.80. The van der Waals surface area contributed by atoms with Crippen molar-refractivity contribution in [3.05, 3.63) is 28.2 Å². The molecule has 0 saturated heterocycles. The molecule has 0 fully saturated rings. The fourth-order valence-corrected chi connectivity index (χ4v) is 2.13. The van der Waals surface area contributed by atoms with E-state index in [1.165, 1.54) is 0 Å². The maximum atomic E-state index is 11.8. The van der Waals surface area contributed by atoms with Gasteiger partial charge in [-0.3, -0.25) is 4.79 Å². The molecule has 0 aromatic heterocycles. The van der Waals surface area contributed by atoms with Gasteiger partial charge in [-0.05, 0) is 24.6 Å². The van der Waals surface area contributed by atoms with E-state index in [4.69, 9.17) is 4.74 Å². The minimum absolute atomic E-state index is 0.0440. The largest absolute Gasteiger partial charge is 0.496 e. The van der Waals surface area contributed by atoms with Crippen molar-refractivity contribution in [1.29, 1.82) is 0 Å². The maximum Gasteiger partial charge on any atom is 0.224 e. The summed E-state index contributed by atoms with van der Waals surface area (Å²) in [6, 6.07) is 5.69. The first-order valence-electron chi connectivity index (χ1n) is 6.26. The molecule has 1 amide bonds. The lowest BCUT2D eigenvalue weighted by Gasteiger charge is -2.09. The van der Waals surface area contributed by atoms with Crippen molar-refractivity contribution in [1.82, 2.24) is 5.32 Å². The van der Waals surface area contributed by atoms with E-state index < -0.39 is 0 Å². The zero-order valence-electron chi connectivity index (χ0n) is 11.0. The Balaban J connectivity index is 2.50. The van der Waals surface area contributed by atoms with E-state index in [1.54, 1.807) is 7.11 Å². The van der Waals surface area contributed by atoms with Gasteiger partial charge in [0.25, 0.3) is 0 Å². The van der Waals surface area contributed by atoms with Crippen molar-refractivity contribution in [2.24, 2.45) is 0 Å². The zero-order valence-corrected chi connectivity index (χ0v) is 12.5. The van der Waals surface area contributed by atoms with Crippen LogP contribution in [-0.2, 0) is 11.2 Å². The van der Waals surface area contributed by atoms with Gasteiger partial charge in [0.1, 0.15) is 5.75 Å². The number of ether oxygens (including phenoxy) is 1. The number of halogens is 1. The molecule has 0 bridgehead atoms. The van der Waals surface area contributed by atoms with Gasteiger partial charge in [-0.2, -0.15) is 0 Å². The SMILES string of the molecule is CCCCCNC(=O)Cc1cc(Br)ccc1OC. The second kappa shape index (κ2) is 8.14. The second-order valence-electron chi connectivity index (χ2n) is 4.19. The third-order valence-corrected chi connectivity index (χ3v) is 3.19. The van der Waals surface area contributed by atoms with Crippen LogP contribution in [0.4, 0.5) is 0 Å². The first-order chi connectivity index (χ1) is 8.67. The lowest BCUT2D eigenvalue weighted by molar-refractivity contribution is -0.120. The first kappa shape index (κ1) is 15.0. The standard InChI is InChI=1S/C14H20BrNO2/c1-3-4-5-8-16-14(17)10-11-9-12(15)6-7-13(11)18-2/h6-7,9H,3-5,8,10H2,1-2H3,(H,16,17). The summed E-state index contributed by atoms with van der Waals surface area (Å²) in [5.41, 5.74) is 0.903. The van der Waals surface area contributed by atoms with E-state index >= 15 is 0 Å². The Morgan fingerprint density at radius 1 is 1.39 bits per heavy atom. The van der Waals surface area contributed by atoms with Crippen LogP contribution in [0.2, 0.25) is 0 Å². The fourth-order valence-electron chi connectivity index (χ4n) is 1.72. The third-order valence-electron chi connectivity index (χ3n) is 2.70. The molecule has 18 heavy (non-hydrogen) atoms. The van der Waals surface area contributed by atoms with Gasteiger partial charge in [0.2, 0.25) is 5.91 Å². The number of rotatable bonds is 7. The highest BCUT2D eigenvalue weighted by molar-refractivity contribution is 9.10. The molecule has 100 valence electrons. The molecule has 0 radical (unpaired) electrons. The van der Waals surface area contributed by atoms with E-state index in [0.717, 1.165) is 41.6 Å². The number of carbonyl (C=O) groups excluding carboxylic acids is 1. The molecule has 3 nitrogen and oxygen atoms in total. The minimum atomic E-state index is 0.0440. The highest BCUT2D eigenvalue weighted by Gasteiger charge is 2.08. The summed E-state index contributed by atoms with van der Waals surface area (Å²) in [4.78, 5) is 11.8. The van der Waals surface area contributed by atoms with Gasteiger partial charge in [-0.1, -0.05) is 35.7 Å². The van der Waals surface area contributed by atoms with Gasteiger partial charge in [0.15, 0.2) is 0 Å². The fraction of sp³-hybridized carbons (Fsp3) is 0.500. The number of unbranched alkanes of at least 4 members (excludes halogenated alkanes) is 2. The monoisotopic (exact) mass is 313 g/mol. The van der Waals surface area contributed by atoms with Crippen LogP contribution >= 0.6 is 15.9 Å². The van der Waals surface area contributed by atoms with Crippen LogP contribution < -0.4 is 10.1 Å². The Bertz CT molecular complexity index is 393. The normalized spacial score (nSPS) is 10.2. The summed E-state index contributed by atoms with van der Waals surface area (Å²) in [6.45, 7) is 2.90. The van der Waals surface area contributed by atoms with Gasteiger partial charge in [0.05, 0.1) is 13.5 Å². The Labute approximate surface area is 117 Å². The molecule has 4 heteroatoms. The van der Waals surface area contributed by atoms with Crippen LogP contribution in [0.25, 0.3) is 0 Å². The van der Waals surface area contributed by atoms with Crippen molar-refractivity contribution >= 4 is 21.8 Å². The molecule has 0 saturated carbocycles. The van der Waals surface area contributed by atoms with E-state index in [9.17, 15) is 4.79 Å². The summed E-state index contributed by atoms with van der Waals surface area (Å²) in [5, 5.41) is 2.93. The highest BCUT2D eigenvalue weighted by atomic mass is 79.9. The van der Waals surface area contributed by atoms with Gasteiger partial charge in [-0.15, -0.1) is 0 Å². The Morgan fingerprint density at radius 3 is 2.83 bits per heavy atom. The number of hydrogen-bond donors (Lipinski definition) is 1. The quantitative estimate of drug-likeness (QED) is 0.784. The van der Waals surface area contributed by atoms with E-state index in [0.29, 0.717) is 6.42 Å². The smallest absolute Gasteiger partial charge is 0.224 e. The summed E-state index contributed by atoms with van der Waals surface area (Å²) in [7, 11) is 1.62. The van der Waals surface area contributed by atoms with Crippen molar-refractivity contribution in [2.45, 2.75) is 32.6 Å². The molecule has 0 aliphatic carbocycles. The molecule has 1 aromatic rings. The number of hydrogen-bond acceptors (Lipinski definition) is 2. The Hall–Kier alpha value is -1.03. The van der Waals surface area contributed by atoms with Crippen molar-refractivity contribution in [3.8, 4) is 5.75 Å². The lowest BCUT2D eigenvalue weighted by atomic mass is 10.1. The number of amides is 1. The van der Waals surface area contributed by atoms with E-state index in [1.807, 2.05) is 18.2 Å². The molecule has 1 rings (SSSR count). The lowest BCUT2D eigenvalue weighted by Crippen LogP contribution is -2.26. The van der Waals surface area contributed by atoms with Crippen molar-refractivity contribution in [3.63, 3.8) is 0 Å². The average Bonchev–Trinajstić information content (AvgIpc) is 2.35. The van der Waals surface area contributed by atoms with Gasteiger partial charge >= 0.3 is 0 Å². The predicted molar refractivity (Wildman–Crippen MR) is 76.9 cm³/mol. The molecule has 0 aliphatic rings. The number of benzene rings is 1. The molecule has 1 aromatic carbocycles. The molecule has 0 atom stereocenters. The van der Waals surface area contributed by atoms with Crippen LogP contribution in [-0.4, -0.2) is 19.6 Å². The average molecular weight is 314 g/mol. The molecule has 0 heterocycles. The Morgan fingerprint density at radius 2 is 2.17 bits per heavy atom. The summed E-state index contributed by atoms with van der Waals surface area (Å²) in [6.07, 6.45) is 3.71. The molecule has 0 unspecified atom stereocenters. The van der Waals surface area contributed by atoms with Gasteiger partial charge in [-0.25, -0.2) is 0 Å². The minimum Gasteiger partial charge on any atom is -0.496 e. The number of methoxy groups -OCH3 is 1. The van der Waals surface area contributed by atoms with E-state index in [2.05, 4.69) is 28.2 Å². The topological polar surface area (TPSA) is 38.3 Å². The first-order valence-corrected chi connectivity index (χ1v) is 7.05. The van der Waals surface area contributed by atoms with Gasteiger partial charge < -0.3 is 10.1 Å². The number of carbonyl (C=O) groups is 1. The van der Waals surface area contributed by atoms with Crippen LogP contribution in [0.3, 0.4) is 0 Å². The van der Waals surface area contributed by atoms with E-state index in [-0.39, 0.29) is 5.91 Å². The number of nitrogens with one attached hydrogen (secondary N) is 1. The molecule has 1 N–H and O–H groups in total. The molecular weight excluding hydrogens is 294 g/mol. The molecule has 0 spiro atoms. The van der Waals surface area contributed by atoms with Crippen LogP contribution in [0.15, 0.2) is 22.7 Å². The third kappa shape index (κ3) is 5.08. The van der Waals surface area contributed by atoms with Crippen LogP contribution in [0.1, 0.15) is 31.7 Å². The van der Waals surface area contributed by atoms with Crippen molar-refractivity contribution < 1.29 is 9.53 Å².